The van der Waals surface area contributed by atoms with E-state index in [1.807, 2.05) is 44.2 Å². The van der Waals surface area contributed by atoms with E-state index in [-0.39, 0.29) is 19.1 Å². The monoisotopic (exact) mass is 408 g/mol. The predicted molar refractivity (Wildman–Crippen MR) is 113 cm³/mol. The summed E-state index contributed by atoms with van der Waals surface area (Å²) in [6, 6.07) is 11.3. The second-order valence-electron chi connectivity index (χ2n) is 8.54. The third kappa shape index (κ3) is 3.67. The molecule has 4 rings (SSSR count). The highest BCUT2D eigenvalue weighted by Gasteiger charge is 2.49. The van der Waals surface area contributed by atoms with Crippen molar-refractivity contribution < 1.29 is 19.4 Å². The molecule has 1 aliphatic heterocycles. The Hall–Kier alpha value is -2.86. The molecule has 1 saturated heterocycles. The summed E-state index contributed by atoms with van der Waals surface area (Å²) < 4.78 is 5.70. The number of fused-ring (bicyclic) bond motifs is 1. The molecule has 2 aromatic rings. The standard InChI is InChI=1S/C24H28N2O4/c1-15-7-10-21(16(2)11-15)30-14-20(27)13-26-22(28)24(3,25-23(26)29)19-9-8-17-5-4-6-18(17)12-19/h7-12,20,27H,4-6,13-14H2,1-3H3,(H,25,29)/t20-,24-/m0/s1. The van der Waals surface area contributed by atoms with Crippen LogP contribution in [-0.2, 0) is 23.2 Å². The minimum absolute atomic E-state index is 0.00345. The third-order valence-electron chi connectivity index (χ3n) is 6.11. The number of imide groups is 1. The Labute approximate surface area is 176 Å². The van der Waals surface area contributed by atoms with Crippen molar-refractivity contribution in [3.05, 3.63) is 64.2 Å². The molecule has 0 spiro atoms. The Bertz CT molecular complexity index is 1000. The van der Waals surface area contributed by atoms with E-state index in [0.717, 1.165) is 40.9 Å². The highest BCUT2D eigenvalue weighted by Crippen LogP contribution is 2.32. The lowest BCUT2D eigenvalue weighted by Gasteiger charge is -2.24. The smallest absolute Gasteiger partial charge is 0.325 e. The highest BCUT2D eigenvalue weighted by molar-refractivity contribution is 6.07. The van der Waals surface area contributed by atoms with E-state index in [9.17, 15) is 14.7 Å². The molecular formula is C24H28N2O4. The SMILES string of the molecule is Cc1ccc(OC[C@@H](O)CN2C(=O)N[C@@](C)(c3ccc4c(c3)CCC4)C2=O)c(C)c1. The summed E-state index contributed by atoms with van der Waals surface area (Å²) in [7, 11) is 0. The van der Waals surface area contributed by atoms with Crippen molar-refractivity contribution in [2.45, 2.75) is 51.7 Å². The molecule has 30 heavy (non-hydrogen) atoms. The number of carbonyl (C=O) groups is 2. The Morgan fingerprint density at radius 1 is 1.13 bits per heavy atom. The van der Waals surface area contributed by atoms with Crippen molar-refractivity contribution in [1.29, 1.82) is 0 Å². The number of nitrogens with zero attached hydrogens (tertiary/aromatic N) is 1. The van der Waals surface area contributed by atoms with Crippen molar-refractivity contribution in [2.24, 2.45) is 0 Å². The van der Waals surface area contributed by atoms with E-state index in [2.05, 4.69) is 11.4 Å². The van der Waals surface area contributed by atoms with Gasteiger partial charge in [0.05, 0.1) is 6.54 Å². The van der Waals surface area contributed by atoms with E-state index in [1.54, 1.807) is 6.92 Å². The van der Waals surface area contributed by atoms with Crippen LogP contribution < -0.4 is 10.1 Å². The molecule has 1 heterocycles. The molecule has 0 radical (unpaired) electrons. The first-order valence-corrected chi connectivity index (χ1v) is 10.4. The van der Waals surface area contributed by atoms with E-state index in [4.69, 9.17) is 4.74 Å². The minimum atomic E-state index is -1.12. The fourth-order valence-corrected chi connectivity index (χ4v) is 4.35. The molecule has 1 aliphatic carbocycles. The number of carbonyl (C=O) groups excluding carboxylic acids is 2. The van der Waals surface area contributed by atoms with Gasteiger partial charge in [-0.3, -0.25) is 9.69 Å². The fraction of sp³-hybridized carbons (Fsp3) is 0.417. The second kappa shape index (κ2) is 7.76. The molecule has 0 aromatic heterocycles. The number of urea groups is 1. The van der Waals surface area contributed by atoms with Crippen molar-refractivity contribution >= 4 is 11.9 Å². The van der Waals surface area contributed by atoms with Gasteiger partial charge in [0.2, 0.25) is 0 Å². The number of nitrogens with one attached hydrogen (secondary N) is 1. The first-order valence-electron chi connectivity index (χ1n) is 10.4. The van der Waals surface area contributed by atoms with Crippen LogP contribution in [0.1, 0.15) is 41.2 Å². The van der Waals surface area contributed by atoms with Gasteiger partial charge in [0.25, 0.3) is 5.91 Å². The lowest BCUT2D eigenvalue weighted by molar-refractivity contribution is -0.132. The van der Waals surface area contributed by atoms with Crippen molar-refractivity contribution in [1.82, 2.24) is 10.2 Å². The second-order valence-corrected chi connectivity index (χ2v) is 8.54. The van der Waals surface area contributed by atoms with Crippen LogP contribution in [0.15, 0.2) is 36.4 Å². The van der Waals surface area contributed by atoms with Gasteiger partial charge in [0.15, 0.2) is 0 Å². The molecule has 6 nitrogen and oxygen atoms in total. The molecule has 0 saturated carbocycles. The molecule has 2 aliphatic rings. The molecule has 0 bridgehead atoms. The minimum Gasteiger partial charge on any atom is -0.491 e. The van der Waals surface area contributed by atoms with Crippen LogP contribution in [0.4, 0.5) is 4.79 Å². The summed E-state index contributed by atoms with van der Waals surface area (Å²) in [6.07, 6.45) is 2.20. The van der Waals surface area contributed by atoms with Gasteiger partial charge >= 0.3 is 6.03 Å². The van der Waals surface area contributed by atoms with E-state index in [0.29, 0.717) is 5.75 Å². The van der Waals surface area contributed by atoms with Gasteiger partial charge in [-0.2, -0.15) is 0 Å². The van der Waals surface area contributed by atoms with Crippen molar-refractivity contribution in [2.75, 3.05) is 13.2 Å². The van der Waals surface area contributed by atoms with Crippen LogP contribution in [0.5, 0.6) is 5.75 Å². The zero-order valence-corrected chi connectivity index (χ0v) is 17.7. The van der Waals surface area contributed by atoms with Crippen molar-refractivity contribution in [3.8, 4) is 5.75 Å². The normalized spacial score (nSPS) is 21.5. The number of aliphatic hydroxyl groups excluding tert-OH is 1. The molecule has 2 atom stereocenters. The van der Waals surface area contributed by atoms with Gasteiger partial charge in [-0.1, -0.05) is 35.9 Å². The van der Waals surface area contributed by atoms with Gasteiger partial charge in [0, 0.05) is 0 Å². The fourth-order valence-electron chi connectivity index (χ4n) is 4.35. The lowest BCUT2D eigenvalue weighted by atomic mass is 9.89. The molecule has 158 valence electrons. The molecule has 2 N–H and O–H groups in total. The largest absolute Gasteiger partial charge is 0.491 e. The molecule has 1 fully saturated rings. The number of hydrogen-bond donors (Lipinski definition) is 2. The Kier molecular flexibility index (Phi) is 5.28. The summed E-state index contributed by atoms with van der Waals surface area (Å²) in [5.74, 6) is 0.329. The molecular weight excluding hydrogens is 380 g/mol. The number of ether oxygens (including phenoxy) is 1. The van der Waals surface area contributed by atoms with Gasteiger partial charge in [-0.05, 0) is 68.4 Å². The van der Waals surface area contributed by atoms with Gasteiger partial charge in [-0.15, -0.1) is 0 Å². The van der Waals surface area contributed by atoms with E-state index >= 15 is 0 Å². The van der Waals surface area contributed by atoms with Crippen LogP contribution >= 0.6 is 0 Å². The van der Waals surface area contributed by atoms with Crippen molar-refractivity contribution in [3.63, 3.8) is 0 Å². The maximum atomic E-state index is 13.1. The number of hydrogen-bond acceptors (Lipinski definition) is 4. The lowest BCUT2D eigenvalue weighted by Crippen LogP contribution is -2.42. The molecule has 0 unspecified atom stereocenters. The first-order chi connectivity index (χ1) is 14.3. The summed E-state index contributed by atoms with van der Waals surface area (Å²) >= 11 is 0. The van der Waals surface area contributed by atoms with Crippen LogP contribution in [-0.4, -0.2) is 41.2 Å². The molecule has 6 heteroatoms. The number of rotatable bonds is 6. The average Bonchev–Trinajstić information content (AvgIpc) is 3.25. The van der Waals surface area contributed by atoms with Crippen LogP contribution in [0, 0.1) is 13.8 Å². The quantitative estimate of drug-likeness (QED) is 0.721. The van der Waals surface area contributed by atoms with Crippen LogP contribution in [0.25, 0.3) is 0 Å². The Morgan fingerprint density at radius 3 is 2.67 bits per heavy atom. The molecule has 3 amide bonds. The van der Waals surface area contributed by atoms with E-state index in [1.165, 1.54) is 11.1 Å². The van der Waals surface area contributed by atoms with E-state index < -0.39 is 17.7 Å². The Morgan fingerprint density at radius 2 is 1.90 bits per heavy atom. The maximum Gasteiger partial charge on any atom is 0.325 e. The summed E-state index contributed by atoms with van der Waals surface area (Å²) in [4.78, 5) is 26.8. The van der Waals surface area contributed by atoms with Crippen LogP contribution in [0.2, 0.25) is 0 Å². The zero-order valence-electron chi connectivity index (χ0n) is 17.7. The number of amides is 3. The number of aryl methyl sites for hydroxylation is 4. The highest BCUT2D eigenvalue weighted by atomic mass is 16.5. The number of benzene rings is 2. The summed E-state index contributed by atoms with van der Waals surface area (Å²) in [5.41, 5.74) is 4.33. The van der Waals surface area contributed by atoms with Gasteiger partial charge in [-0.25, -0.2) is 4.79 Å². The average molecular weight is 408 g/mol. The number of aliphatic hydroxyl groups is 1. The topological polar surface area (TPSA) is 78.9 Å². The maximum absolute atomic E-state index is 13.1. The number of β-amino-alcohol motifs (C(OH)–C–C–N with tert-alkyl or cyclic N) is 1. The summed E-state index contributed by atoms with van der Waals surface area (Å²) in [5, 5.41) is 13.2. The third-order valence-corrected chi connectivity index (χ3v) is 6.11. The predicted octanol–water partition coefficient (Wildman–Crippen LogP) is 3.00. The van der Waals surface area contributed by atoms with Crippen LogP contribution in [0.3, 0.4) is 0 Å². The summed E-state index contributed by atoms with van der Waals surface area (Å²) in [6.45, 7) is 5.55. The first kappa shape index (κ1) is 20.4. The van der Waals surface area contributed by atoms with Gasteiger partial charge in [0.1, 0.15) is 24.0 Å². The Balaban J connectivity index is 1.43. The zero-order chi connectivity index (χ0) is 21.5. The van der Waals surface area contributed by atoms with Gasteiger partial charge < -0.3 is 15.2 Å². The molecule has 2 aromatic carbocycles.